The molecule has 4 heteroatoms. The van der Waals surface area contributed by atoms with E-state index in [1.807, 2.05) is 25.3 Å². The molecule has 2 rings (SSSR count). The Bertz CT molecular complexity index is 469. The highest BCUT2D eigenvalue weighted by Gasteiger charge is 2.03. The number of nitrogens with two attached hydrogens (primary N) is 1. The molecule has 0 spiro atoms. The first kappa shape index (κ1) is 7.79. The third-order valence-corrected chi connectivity index (χ3v) is 1.80. The second-order valence-corrected chi connectivity index (χ2v) is 2.94. The Morgan fingerprint density at radius 2 is 2.38 bits per heavy atom. The van der Waals surface area contributed by atoms with Gasteiger partial charge in [-0.15, -0.1) is 5.10 Å². The summed E-state index contributed by atoms with van der Waals surface area (Å²) < 4.78 is 1.70. The van der Waals surface area contributed by atoms with Crippen LogP contribution in [-0.2, 0) is 0 Å². The molecule has 0 fully saturated rings. The van der Waals surface area contributed by atoms with Gasteiger partial charge in [-0.2, -0.15) is 0 Å². The summed E-state index contributed by atoms with van der Waals surface area (Å²) in [7, 11) is 0. The molecule has 0 amide bonds. The van der Waals surface area contributed by atoms with Crippen LogP contribution in [0.5, 0.6) is 0 Å². The van der Waals surface area contributed by atoms with Gasteiger partial charge in [-0.1, -0.05) is 6.58 Å². The standard InChI is InChI=1S/C9H10N4/c1-6(2)9-11-8(10)7-4-3-5-13(7)12-9/h3-5H,1H2,2H3,(H2,10,11,12). The smallest absolute Gasteiger partial charge is 0.177 e. The minimum atomic E-state index is 0.484. The molecule has 13 heavy (non-hydrogen) atoms. The zero-order valence-corrected chi connectivity index (χ0v) is 7.36. The molecule has 2 aromatic heterocycles. The molecule has 4 nitrogen and oxygen atoms in total. The quantitative estimate of drug-likeness (QED) is 0.709. The van der Waals surface area contributed by atoms with Crippen LogP contribution in [0.3, 0.4) is 0 Å². The van der Waals surface area contributed by atoms with Gasteiger partial charge in [0.15, 0.2) is 11.6 Å². The van der Waals surface area contributed by atoms with E-state index in [9.17, 15) is 0 Å². The summed E-state index contributed by atoms with van der Waals surface area (Å²) in [4.78, 5) is 4.12. The highest BCUT2D eigenvalue weighted by molar-refractivity contribution is 5.67. The van der Waals surface area contributed by atoms with Crippen LogP contribution in [0.1, 0.15) is 12.7 Å². The van der Waals surface area contributed by atoms with Crippen LogP contribution < -0.4 is 5.73 Å². The fourth-order valence-corrected chi connectivity index (χ4v) is 1.14. The van der Waals surface area contributed by atoms with E-state index < -0.39 is 0 Å². The van der Waals surface area contributed by atoms with E-state index in [0.717, 1.165) is 11.1 Å². The van der Waals surface area contributed by atoms with Gasteiger partial charge in [0.1, 0.15) is 5.52 Å². The lowest BCUT2D eigenvalue weighted by atomic mass is 10.3. The number of hydrogen-bond acceptors (Lipinski definition) is 3. The molecule has 2 N–H and O–H groups in total. The minimum absolute atomic E-state index is 0.484. The summed E-state index contributed by atoms with van der Waals surface area (Å²) >= 11 is 0. The van der Waals surface area contributed by atoms with Crippen LogP contribution in [0.2, 0.25) is 0 Å². The number of hydrogen-bond donors (Lipinski definition) is 1. The predicted octanol–water partition coefficient (Wildman–Crippen LogP) is 1.34. The zero-order chi connectivity index (χ0) is 9.42. The number of allylic oxidation sites excluding steroid dienone is 1. The first-order valence-corrected chi connectivity index (χ1v) is 3.95. The highest BCUT2D eigenvalue weighted by atomic mass is 15.3. The molecule has 0 atom stereocenters. The predicted molar refractivity (Wildman–Crippen MR) is 52.1 cm³/mol. The summed E-state index contributed by atoms with van der Waals surface area (Å²) in [6.45, 7) is 5.62. The highest BCUT2D eigenvalue weighted by Crippen LogP contribution is 2.13. The van der Waals surface area contributed by atoms with Gasteiger partial charge in [-0.25, -0.2) is 9.50 Å². The van der Waals surface area contributed by atoms with Crippen molar-refractivity contribution in [3.8, 4) is 0 Å². The van der Waals surface area contributed by atoms with Crippen LogP contribution in [0, 0.1) is 0 Å². The van der Waals surface area contributed by atoms with Gasteiger partial charge in [0.05, 0.1) is 0 Å². The van der Waals surface area contributed by atoms with E-state index in [1.54, 1.807) is 4.52 Å². The topological polar surface area (TPSA) is 56.2 Å². The van der Waals surface area contributed by atoms with E-state index in [-0.39, 0.29) is 0 Å². The molecular weight excluding hydrogens is 164 g/mol. The summed E-state index contributed by atoms with van der Waals surface area (Å²) in [5.74, 6) is 1.07. The number of aromatic nitrogens is 3. The number of fused-ring (bicyclic) bond motifs is 1. The Hall–Kier alpha value is -1.84. The number of nitrogen functional groups attached to an aromatic ring is 1. The molecule has 0 unspecified atom stereocenters. The first-order valence-electron chi connectivity index (χ1n) is 3.95. The van der Waals surface area contributed by atoms with Crippen LogP contribution in [0.4, 0.5) is 5.82 Å². The van der Waals surface area contributed by atoms with Gasteiger partial charge in [-0.05, 0) is 24.6 Å². The van der Waals surface area contributed by atoms with Gasteiger partial charge in [-0.3, -0.25) is 0 Å². The van der Waals surface area contributed by atoms with Crippen molar-refractivity contribution in [2.24, 2.45) is 0 Å². The number of rotatable bonds is 1. The minimum Gasteiger partial charge on any atom is -0.382 e. The van der Waals surface area contributed by atoms with Crippen molar-refractivity contribution in [2.45, 2.75) is 6.92 Å². The molecule has 0 aliphatic heterocycles. The molecule has 0 bridgehead atoms. The van der Waals surface area contributed by atoms with E-state index in [2.05, 4.69) is 16.7 Å². The number of anilines is 1. The fraction of sp³-hybridized carbons (Fsp3) is 0.111. The van der Waals surface area contributed by atoms with Crippen LogP contribution >= 0.6 is 0 Å². The molecule has 0 aliphatic carbocycles. The Morgan fingerprint density at radius 3 is 3.08 bits per heavy atom. The lowest BCUT2D eigenvalue weighted by molar-refractivity contribution is 0.888. The molecule has 2 heterocycles. The van der Waals surface area contributed by atoms with Crippen LogP contribution in [0.15, 0.2) is 24.9 Å². The lowest BCUT2D eigenvalue weighted by Gasteiger charge is -2.02. The van der Waals surface area contributed by atoms with Crippen molar-refractivity contribution in [3.63, 3.8) is 0 Å². The average molecular weight is 174 g/mol. The van der Waals surface area contributed by atoms with Crippen molar-refractivity contribution in [1.82, 2.24) is 14.6 Å². The maximum Gasteiger partial charge on any atom is 0.177 e. The average Bonchev–Trinajstić information content (AvgIpc) is 2.51. The van der Waals surface area contributed by atoms with Gasteiger partial charge in [0.2, 0.25) is 0 Å². The molecule has 2 aromatic rings. The molecule has 66 valence electrons. The second kappa shape index (κ2) is 2.58. The van der Waals surface area contributed by atoms with Gasteiger partial charge in [0.25, 0.3) is 0 Å². The lowest BCUT2D eigenvalue weighted by Crippen LogP contribution is -2.03. The summed E-state index contributed by atoms with van der Waals surface area (Å²) in [6.07, 6.45) is 1.83. The molecule has 0 aromatic carbocycles. The molecule has 0 saturated heterocycles. The van der Waals surface area contributed by atoms with Gasteiger partial charge < -0.3 is 5.73 Å². The summed E-state index contributed by atoms with van der Waals surface area (Å²) in [5, 5.41) is 4.22. The maximum atomic E-state index is 5.73. The monoisotopic (exact) mass is 174 g/mol. The Balaban J connectivity index is 2.77. The van der Waals surface area contributed by atoms with Crippen LogP contribution in [0.25, 0.3) is 11.1 Å². The van der Waals surface area contributed by atoms with Crippen molar-refractivity contribution in [1.29, 1.82) is 0 Å². The molecule has 0 aliphatic rings. The van der Waals surface area contributed by atoms with Crippen molar-refractivity contribution < 1.29 is 0 Å². The van der Waals surface area contributed by atoms with Crippen LogP contribution in [-0.4, -0.2) is 14.6 Å². The number of nitrogens with zero attached hydrogens (tertiary/aromatic N) is 3. The third-order valence-electron chi connectivity index (χ3n) is 1.80. The van der Waals surface area contributed by atoms with Crippen molar-refractivity contribution in [3.05, 3.63) is 30.7 Å². The van der Waals surface area contributed by atoms with Crippen molar-refractivity contribution >= 4 is 16.9 Å². The SMILES string of the molecule is C=C(C)c1nc(N)c2cccn2n1. The van der Waals surface area contributed by atoms with E-state index in [4.69, 9.17) is 5.73 Å². The first-order chi connectivity index (χ1) is 6.18. The summed E-state index contributed by atoms with van der Waals surface area (Å²) in [6, 6.07) is 3.75. The Morgan fingerprint density at radius 1 is 1.62 bits per heavy atom. The van der Waals surface area contributed by atoms with E-state index >= 15 is 0 Å². The van der Waals surface area contributed by atoms with Gasteiger partial charge in [0, 0.05) is 6.20 Å². The van der Waals surface area contributed by atoms with Crippen molar-refractivity contribution in [2.75, 3.05) is 5.73 Å². The van der Waals surface area contributed by atoms with Gasteiger partial charge >= 0.3 is 0 Å². The second-order valence-electron chi connectivity index (χ2n) is 2.94. The third kappa shape index (κ3) is 1.16. The molecular formula is C9H10N4. The Kier molecular flexibility index (Phi) is 1.55. The van der Waals surface area contributed by atoms with E-state index in [0.29, 0.717) is 11.6 Å². The van der Waals surface area contributed by atoms with E-state index in [1.165, 1.54) is 0 Å². The Labute approximate surface area is 75.7 Å². The normalized spacial score (nSPS) is 10.5. The largest absolute Gasteiger partial charge is 0.382 e. The zero-order valence-electron chi connectivity index (χ0n) is 7.36. The fourth-order valence-electron chi connectivity index (χ4n) is 1.14. The molecule has 0 radical (unpaired) electrons. The summed E-state index contributed by atoms with van der Waals surface area (Å²) in [5.41, 5.74) is 7.36. The maximum absolute atomic E-state index is 5.73. The molecule has 0 saturated carbocycles.